The van der Waals surface area contributed by atoms with Crippen LogP contribution >= 0.6 is 0 Å². The molecule has 2 atom stereocenters. The molecule has 2 heterocycles. The first kappa shape index (κ1) is 17.4. The fourth-order valence-electron chi connectivity index (χ4n) is 2.69. The number of likely N-dealkylation sites (tertiary alicyclic amines) is 1. The fraction of sp³-hybridized carbons (Fsp3) is 0.571. The minimum Gasteiger partial charge on any atom is -0.368 e. The molecule has 1 saturated heterocycles. The van der Waals surface area contributed by atoms with Crippen LogP contribution in [-0.2, 0) is 11.0 Å². The number of carbonyl (C=O) groups is 1. The number of anilines is 1. The van der Waals surface area contributed by atoms with Gasteiger partial charge in [0.1, 0.15) is 5.82 Å². The average Bonchev–Trinajstić information content (AvgIpc) is 2.44. The summed E-state index contributed by atoms with van der Waals surface area (Å²) in [7, 11) is 0. The Labute approximate surface area is 129 Å². The quantitative estimate of drug-likeness (QED) is 0.679. The molecule has 23 heavy (non-hydrogen) atoms. The molecule has 9 heteroatoms. The highest BCUT2D eigenvalue weighted by atomic mass is 19.4. The van der Waals surface area contributed by atoms with Crippen molar-refractivity contribution in [3.8, 4) is 0 Å². The Bertz CT molecular complexity index is 546. The summed E-state index contributed by atoms with van der Waals surface area (Å²) < 4.78 is 64.2. The number of alkyl halides is 5. The van der Waals surface area contributed by atoms with Crippen LogP contribution in [0.3, 0.4) is 0 Å². The van der Waals surface area contributed by atoms with Gasteiger partial charge in [0.25, 0.3) is 5.92 Å². The number of piperidine rings is 1. The van der Waals surface area contributed by atoms with Gasteiger partial charge < -0.3 is 10.2 Å². The molecule has 1 aromatic rings. The van der Waals surface area contributed by atoms with Gasteiger partial charge in [-0.1, -0.05) is 6.92 Å². The van der Waals surface area contributed by atoms with Crippen molar-refractivity contribution in [3.63, 3.8) is 0 Å². The molecule has 128 valence electrons. The van der Waals surface area contributed by atoms with E-state index >= 15 is 0 Å². The predicted molar refractivity (Wildman–Crippen MR) is 73.0 cm³/mol. The first-order valence-electron chi connectivity index (χ1n) is 6.98. The predicted octanol–water partition coefficient (Wildman–Crippen LogP) is 3.01. The van der Waals surface area contributed by atoms with Gasteiger partial charge in [-0.25, -0.2) is 13.8 Å². The lowest BCUT2D eigenvalue weighted by atomic mass is 9.89. The van der Waals surface area contributed by atoms with E-state index in [-0.39, 0.29) is 18.8 Å². The van der Waals surface area contributed by atoms with Crippen LogP contribution in [0.2, 0.25) is 0 Å². The number of hydrogen-bond acceptors (Lipinski definition) is 3. The number of rotatable bonds is 4. The standard InChI is InChI=1S/C14H16F5N3O/c1-9-4-13(15,16)7-22(8-23)11(9)6-21-12-3-2-10(5-20-12)14(17,18)19/h2-3,5,8-9,11H,4,6-7H2,1H3,(H,20,21)/t9-,11-/m1/s1. The number of carbonyl (C=O) groups excluding carboxylic acids is 1. The van der Waals surface area contributed by atoms with Crippen LogP contribution in [0.4, 0.5) is 27.8 Å². The zero-order valence-electron chi connectivity index (χ0n) is 12.3. The highest BCUT2D eigenvalue weighted by molar-refractivity contribution is 5.49. The topological polar surface area (TPSA) is 45.2 Å². The van der Waals surface area contributed by atoms with E-state index in [0.29, 0.717) is 12.6 Å². The van der Waals surface area contributed by atoms with Gasteiger partial charge in [-0.15, -0.1) is 0 Å². The van der Waals surface area contributed by atoms with E-state index < -0.39 is 36.2 Å². The molecule has 0 aliphatic carbocycles. The molecule has 1 amide bonds. The van der Waals surface area contributed by atoms with E-state index in [2.05, 4.69) is 10.3 Å². The summed E-state index contributed by atoms with van der Waals surface area (Å²) in [6.07, 6.45) is -3.75. The Kier molecular flexibility index (Phi) is 4.76. The molecular formula is C14H16F5N3O. The highest BCUT2D eigenvalue weighted by Crippen LogP contribution is 2.33. The molecule has 0 aromatic carbocycles. The lowest BCUT2D eigenvalue weighted by molar-refractivity contribution is -0.139. The first-order chi connectivity index (χ1) is 10.6. The highest BCUT2D eigenvalue weighted by Gasteiger charge is 2.43. The number of nitrogens with one attached hydrogen (secondary N) is 1. The molecule has 1 fully saturated rings. The number of halogens is 5. The molecule has 0 bridgehead atoms. The van der Waals surface area contributed by atoms with Gasteiger partial charge in [0.05, 0.1) is 18.2 Å². The lowest BCUT2D eigenvalue weighted by Gasteiger charge is -2.41. The summed E-state index contributed by atoms with van der Waals surface area (Å²) in [4.78, 5) is 15.7. The molecule has 0 radical (unpaired) electrons. The third kappa shape index (κ3) is 4.29. The Morgan fingerprint density at radius 1 is 1.43 bits per heavy atom. The van der Waals surface area contributed by atoms with Gasteiger partial charge >= 0.3 is 6.18 Å². The number of aromatic nitrogens is 1. The summed E-state index contributed by atoms with van der Waals surface area (Å²) in [6.45, 7) is 1.08. The molecule has 0 unspecified atom stereocenters. The molecule has 1 N–H and O–H groups in total. The van der Waals surface area contributed by atoms with Gasteiger partial charge in [0.15, 0.2) is 0 Å². The normalized spacial score (nSPS) is 24.3. The number of hydrogen-bond donors (Lipinski definition) is 1. The smallest absolute Gasteiger partial charge is 0.368 e. The minimum absolute atomic E-state index is 0.133. The zero-order valence-corrected chi connectivity index (χ0v) is 12.3. The van der Waals surface area contributed by atoms with Crippen LogP contribution < -0.4 is 5.32 Å². The van der Waals surface area contributed by atoms with Gasteiger partial charge in [-0.2, -0.15) is 13.2 Å². The van der Waals surface area contributed by atoms with Crippen molar-refractivity contribution in [2.24, 2.45) is 5.92 Å². The van der Waals surface area contributed by atoms with Crippen LogP contribution in [0.5, 0.6) is 0 Å². The van der Waals surface area contributed by atoms with Crippen molar-refractivity contribution in [2.75, 3.05) is 18.4 Å². The molecule has 0 spiro atoms. The van der Waals surface area contributed by atoms with Crippen molar-refractivity contribution < 1.29 is 26.7 Å². The molecule has 4 nitrogen and oxygen atoms in total. The fourth-order valence-corrected chi connectivity index (χ4v) is 2.69. The first-order valence-corrected chi connectivity index (χ1v) is 6.98. The third-order valence-electron chi connectivity index (χ3n) is 3.84. The van der Waals surface area contributed by atoms with Crippen molar-refractivity contribution in [2.45, 2.75) is 31.5 Å². The van der Waals surface area contributed by atoms with Gasteiger partial charge in [-0.05, 0) is 18.1 Å². The summed E-state index contributed by atoms with van der Waals surface area (Å²) >= 11 is 0. The van der Waals surface area contributed by atoms with Gasteiger partial charge in [-0.3, -0.25) is 4.79 Å². The summed E-state index contributed by atoms with van der Waals surface area (Å²) in [5, 5.41) is 2.79. The van der Waals surface area contributed by atoms with Gasteiger partial charge in [0, 0.05) is 19.2 Å². The average molecular weight is 337 g/mol. The Balaban J connectivity index is 2.00. The molecule has 0 saturated carbocycles. The molecular weight excluding hydrogens is 321 g/mol. The minimum atomic E-state index is -4.47. The van der Waals surface area contributed by atoms with Crippen molar-refractivity contribution >= 4 is 12.2 Å². The molecule has 2 rings (SSSR count). The van der Waals surface area contributed by atoms with Crippen LogP contribution in [0.25, 0.3) is 0 Å². The summed E-state index contributed by atoms with van der Waals surface area (Å²) in [5.41, 5.74) is -0.872. The number of amides is 1. The molecule has 1 aliphatic rings. The Morgan fingerprint density at radius 3 is 2.65 bits per heavy atom. The second-order valence-corrected chi connectivity index (χ2v) is 5.69. The SMILES string of the molecule is C[C@@H]1CC(F)(F)CN(C=O)[C@@H]1CNc1ccc(C(F)(F)F)cn1. The maximum absolute atomic E-state index is 13.4. The van der Waals surface area contributed by atoms with Crippen molar-refractivity contribution in [1.29, 1.82) is 0 Å². The lowest BCUT2D eigenvalue weighted by Crippen LogP contribution is -2.54. The van der Waals surface area contributed by atoms with Crippen LogP contribution in [0, 0.1) is 5.92 Å². The maximum atomic E-state index is 13.4. The van der Waals surface area contributed by atoms with E-state index in [4.69, 9.17) is 0 Å². The van der Waals surface area contributed by atoms with Crippen molar-refractivity contribution in [1.82, 2.24) is 9.88 Å². The van der Waals surface area contributed by atoms with Crippen LogP contribution in [0.1, 0.15) is 18.9 Å². The largest absolute Gasteiger partial charge is 0.417 e. The van der Waals surface area contributed by atoms with Crippen LogP contribution in [-0.4, -0.2) is 41.3 Å². The Hall–Kier alpha value is -1.93. The summed E-state index contributed by atoms with van der Waals surface area (Å²) in [6, 6.07) is 1.57. The van der Waals surface area contributed by atoms with Crippen LogP contribution in [0.15, 0.2) is 18.3 Å². The third-order valence-corrected chi connectivity index (χ3v) is 3.84. The van der Waals surface area contributed by atoms with E-state index in [1.165, 1.54) is 0 Å². The second-order valence-electron chi connectivity index (χ2n) is 5.69. The van der Waals surface area contributed by atoms with E-state index in [9.17, 15) is 26.7 Å². The van der Waals surface area contributed by atoms with E-state index in [1.54, 1.807) is 6.92 Å². The number of nitrogens with zero attached hydrogens (tertiary/aromatic N) is 2. The second kappa shape index (κ2) is 6.29. The monoisotopic (exact) mass is 337 g/mol. The van der Waals surface area contributed by atoms with E-state index in [0.717, 1.165) is 17.0 Å². The molecule has 1 aliphatic heterocycles. The number of pyridine rings is 1. The maximum Gasteiger partial charge on any atom is 0.417 e. The van der Waals surface area contributed by atoms with Gasteiger partial charge in [0.2, 0.25) is 6.41 Å². The summed E-state index contributed by atoms with van der Waals surface area (Å²) in [5.74, 6) is -3.19. The van der Waals surface area contributed by atoms with Crippen molar-refractivity contribution in [3.05, 3.63) is 23.9 Å². The Morgan fingerprint density at radius 2 is 2.13 bits per heavy atom. The van der Waals surface area contributed by atoms with E-state index in [1.807, 2.05) is 0 Å². The molecule has 1 aromatic heterocycles. The zero-order chi connectivity index (χ0) is 17.3.